The summed E-state index contributed by atoms with van der Waals surface area (Å²) in [5.74, 6) is -1.29. The first-order valence-electron chi connectivity index (χ1n) is 9.31. The van der Waals surface area contributed by atoms with Gasteiger partial charge in [0, 0.05) is 26.1 Å². The molecule has 0 spiro atoms. The third-order valence-electron chi connectivity index (χ3n) is 4.84. The van der Waals surface area contributed by atoms with Crippen LogP contribution in [-0.4, -0.2) is 33.0 Å². The molecule has 0 radical (unpaired) electrons. The van der Waals surface area contributed by atoms with Gasteiger partial charge in [0.1, 0.15) is 5.82 Å². The van der Waals surface area contributed by atoms with Crippen LogP contribution in [-0.2, 0) is 23.2 Å². The van der Waals surface area contributed by atoms with Gasteiger partial charge in [-0.05, 0) is 12.5 Å². The molecule has 1 atom stereocenters. The quantitative estimate of drug-likeness (QED) is 0.708. The number of methoxy groups -OCH3 is 1. The van der Waals surface area contributed by atoms with E-state index in [0.29, 0.717) is 18.1 Å². The van der Waals surface area contributed by atoms with Crippen LogP contribution < -0.4 is 26.6 Å². The lowest BCUT2D eigenvalue weighted by molar-refractivity contribution is -0.122. The molecule has 0 aliphatic carbocycles. The minimum atomic E-state index is -0.969. The Morgan fingerprint density at radius 2 is 2.07 bits per heavy atom. The fourth-order valence-corrected chi connectivity index (χ4v) is 3.27. The zero-order chi connectivity index (χ0) is 21.1. The Kier molecular flexibility index (Phi) is 5.81. The van der Waals surface area contributed by atoms with Crippen molar-refractivity contribution < 1.29 is 14.3 Å². The second-order valence-corrected chi connectivity index (χ2v) is 6.80. The summed E-state index contributed by atoms with van der Waals surface area (Å²) in [6.07, 6.45) is 2.77. The van der Waals surface area contributed by atoms with Crippen LogP contribution in [0.15, 0.2) is 27.9 Å². The maximum absolute atomic E-state index is 12.7. The largest absolute Gasteiger partial charge is 0.481 e. The number of nitrogens with one attached hydrogen (secondary N) is 2. The van der Waals surface area contributed by atoms with E-state index in [9.17, 15) is 19.2 Å². The highest BCUT2D eigenvalue weighted by Crippen LogP contribution is 2.31. The van der Waals surface area contributed by atoms with Crippen molar-refractivity contribution in [2.24, 2.45) is 7.05 Å². The Balaban J connectivity index is 1.88. The zero-order valence-corrected chi connectivity index (χ0v) is 16.5. The van der Waals surface area contributed by atoms with E-state index in [0.717, 1.165) is 17.4 Å². The highest BCUT2D eigenvalue weighted by atomic mass is 16.5. The molecule has 2 amide bonds. The summed E-state index contributed by atoms with van der Waals surface area (Å²) in [4.78, 5) is 54.1. The van der Waals surface area contributed by atoms with Crippen molar-refractivity contribution in [3.8, 4) is 5.88 Å². The molecule has 0 unspecified atom stereocenters. The van der Waals surface area contributed by atoms with Gasteiger partial charge in [-0.25, -0.2) is 9.78 Å². The number of unbranched alkanes of at least 4 members (excludes halogenated alkanes) is 1. The minimum absolute atomic E-state index is 0.149. The van der Waals surface area contributed by atoms with Gasteiger partial charge in [0.25, 0.3) is 5.56 Å². The number of fused-ring (bicyclic) bond motifs is 1. The van der Waals surface area contributed by atoms with Gasteiger partial charge in [-0.2, -0.15) is 0 Å². The first kappa shape index (κ1) is 20.3. The van der Waals surface area contributed by atoms with Crippen molar-refractivity contribution in [1.82, 2.24) is 14.1 Å². The third-order valence-corrected chi connectivity index (χ3v) is 4.84. The van der Waals surface area contributed by atoms with Gasteiger partial charge in [0.15, 0.2) is 0 Å². The smallest absolute Gasteiger partial charge is 0.332 e. The minimum Gasteiger partial charge on any atom is -0.481 e. The molecule has 3 rings (SSSR count). The first-order valence-corrected chi connectivity index (χ1v) is 9.31. The summed E-state index contributed by atoms with van der Waals surface area (Å²) in [7, 11) is 2.85. The Morgan fingerprint density at radius 1 is 1.31 bits per heavy atom. The van der Waals surface area contributed by atoms with E-state index >= 15 is 0 Å². The second kappa shape index (κ2) is 8.29. The van der Waals surface area contributed by atoms with Gasteiger partial charge in [-0.3, -0.25) is 23.5 Å². The molecule has 10 nitrogen and oxygen atoms in total. The molecule has 29 heavy (non-hydrogen) atoms. The van der Waals surface area contributed by atoms with E-state index in [1.165, 1.54) is 24.9 Å². The molecule has 0 fully saturated rings. The number of rotatable bonds is 7. The number of hydrogen-bond donors (Lipinski definition) is 2. The fraction of sp³-hybridized carbons (Fsp3) is 0.421. The standard InChI is InChI=1S/C19H23N5O5/c1-4-5-8-24-16-15(18(27)23(2)19(24)28)12(17(26)22-16)9-13(25)21-11-6-7-14(29-3)20-10-11/h6-7,10,12H,4-5,8-9H2,1-3H3,(H,21,25)(H,22,26)/t12-/m0/s1. The van der Waals surface area contributed by atoms with E-state index in [4.69, 9.17) is 4.74 Å². The van der Waals surface area contributed by atoms with E-state index in [1.54, 1.807) is 12.1 Å². The van der Waals surface area contributed by atoms with Crippen LogP contribution in [0.2, 0.25) is 0 Å². The topological polar surface area (TPSA) is 124 Å². The summed E-state index contributed by atoms with van der Waals surface area (Å²) in [5.41, 5.74) is -0.469. The van der Waals surface area contributed by atoms with Crippen molar-refractivity contribution >= 4 is 23.3 Å². The molecule has 0 saturated carbocycles. The van der Waals surface area contributed by atoms with Crippen LogP contribution in [0.1, 0.15) is 37.7 Å². The highest BCUT2D eigenvalue weighted by molar-refractivity contribution is 6.05. The van der Waals surface area contributed by atoms with Gasteiger partial charge in [0.2, 0.25) is 17.7 Å². The van der Waals surface area contributed by atoms with Crippen LogP contribution >= 0.6 is 0 Å². The van der Waals surface area contributed by atoms with Gasteiger partial charge < -0.3 is 15.4 Å². The number of carbonyl (C=O) groups excluding carboxylic acids is 2. The monoisotopic (exact) mass is 401 g/mol. The normalized spacial score (nSPS) is 15.0. The highest BCUT2D eigenvalue weighted by Gasteiger charge is 2.38. The lowest BCUT2D eigenvalue weighted by Crippen LogP contribution is -2.40. The second-order valence-electron chi connectivity index (χ2n) is 6.80. The van der Waals surface area contributed by atoms with E-state index in [1.807, 2.05) is 6.92 Å². The SMILES string of the molecule is CCCCn1c2c(c(=O)n(C)c1=O)[C@H](CC(=O)Nc1ccc(OC)nc1)C(=O)N2. The fourth-order valence-electron chi connectivity index (χ4n) is 3.27. The van der Waals surface area contributed by atoms with Crippen molar-refractivity contribution in [3.63, 3.8) is 0 Å². The first-order chi connectivity index (χ1) is 13.9. The predicted octanol–water partition coefficient (Wildman–Crippen LogP) is 0.815. The van der Waals surface area contributed by atoms with E-state index in [-0.39, 0.29) is 17.8 Å². The maximum Gasteiger partial charge on any atom is 0.332 e. The van der Waals surface area contributed by atoms with Crippen LogP contribution in [0.5, 0.6) is 5.88 Å². The van der Waals surface area contributed by atoms with Crippen LogP contribution in [0.3, 0.4) is 0 Å². The molecule has 0 bridgehead atoms. The number of amides is 2. The average Bonchev–Trinajstić information content (AvgIpc) is 3.02. The maximum atomic E-state index is 12.7. The van der Waals surface area contributed by atoms with Crippen LogP contribution in [0, 0.1) is 0 Å². The number of anilines is 2. The average molecular weight is 401 g/mol. The molecule has 1 aliphatic rings. The van der Waals surface area contributed by atoms with Gasteiger partial charge in [0.05, 0.1) is 30.5 Å². The van der Waals surface area contributed by atoms with Gasteiger partial charge in [-0.1, -0.05) is 13.3 Å². The Bertz CT molecular complexity index is 1050. The van der Waals surface area contributed by atoms with E-state index in [2.05, 4.69) is 15.6 Å². The number of carbonyl (C=O) groups is 2. The number of nitrogens with zero attached hydrogens (tertiary/aromatic N) is 3. The molecule has 0 saturated heterocycles. The number of pyridine rings is 1. The Hall–Kier alpha value is -3.43. The number of aromatic nitrogens is 3. The van der Waals surface area contributed by atoms with Crippen molar-refractivity contribution in [2.75, 3.05) is 17.7 Å². The molecule has 1 aliphatic heterocycles. The molecular weight excluding hydrogens is 378 g/mol. The molecule has 0 aromatic carbocycles. The summed E-state index contributed by atoms with van der Waals surface area (Å²) in [5, 5.41) is 5.27. The summed E-state index contributed by atoms with van der Waals surface area (Å²) >= 11 is 0. The molecule has 154 valence electrons. The zero-order valence-electron chi connectivity index (χ0n) is 16.5. The summed E-state index contributed by atoms with van der Waals surface area (Å²) in [6, 6.07) is 3.21. The van der Waals surface area contributed by atoms with Crippen LogP contribution in [0.25, 0.3) is 0 Å². The molecule has 10 heteroatoms. The van der Waals surface area contributed by atoms with Crippen molar-refractivity contribution in [1.29, 1.82) is 0 Å². The number of hydrogen-bond acceptors (Lipinski definition) is 6. The molecule has 3 heterocycles. The molecule has 2 N–H and O–H groups in total. The molecule has 2 aromatic heterocycles. The van der Waals surface area contributed by atoms with Gasteiger partial charge >= 0.3 is 5.69 Å². The van der Waals surface area contributed by atoms with E-state index < -0.39 is 29.0 Å². The number of ether oxygens (including phenoxy) is 1. The van der Waals surface area contributed by atoms with Gasteiger partial charge in [-0.15, -0.1) is 0 Å². The predicted molar refractivity (Wildman–Crippen MR) is 106 cm³/mol. The van der Waals surface area contributed by atoms with Crippen molar-refractivity contribution in [2.45, 2.75) is 38.6 Å². The Labute approximate surface area is 166 Å². The van der Waals surface area contributed by atoms with Crippen molar-refractivity contribution in [3.05, 3.63) is 44.7 Å². The Morgan fingerprint density at radius 3 is 2.69 bits per heavy atom. The van der Waals surface area contributed by atoms with Crippen LogP contribution in [0.4, 0.5) is 11.5 Å². The summed E-state index contributed by atoms with van der Waals surface area (Å²) < 4.78 is 7.34. The molecular formula is C19H23N5O5. The third kappa shape index (κ3) is 3.91. The molecule has 2 aromatic rings. The lowest BCUT2D eigenvalue weighted by Gasteiger charge is -2.13. The lowest BCUT2D eigenvalue weighted by atomic mass is 9.99. The summed E-state index contributed by atoms with van der Waals surface area (Å²) in [6.45, 7) is 2.36.